The van der Waals surface area contributed by atoms with Crippen LogP contribution in [0.25, 0.3) is 0 Å². The minimum absolute atomic E-state index is 0.0308. The van der Waals surface area contributed by atoms with E-state index >= 15 is 0 Å². The molecular formula is C12H15ClO3. The van der Waals surface area contributed by atoms with Crippen LogP contribution < -0.4 is 9.47 Å². The summed E-state index contributed by atoms with van der Waals surface area (Å²) in [5.74, 6) is 1.01. The van der Waals surface area contributed by atoms with Gasteiger partial charge < -0.3 is 9.47 Å². The van der Waals surface area contributed by atoms with Crippen LogP contribution >= 0.6 is 11.6 Å². The molecule has 0 unspecified atom stereocenters. The molecule has 1 rings (SSSR count). The normalized spacial score (nSPS) is 10.0. The van der Waals surface area contributed by atoms with Gasteiger partial charge >= 0.3 is 0 Å². The van der Waals surface area contributed by atoms with Crippen LogP contribution in [0, 0.1) is 0 Å². The van der Waals surface area contributed by atoms with Crippen LogP contribution in [-0.4, -0.2) is 19.5 Å². The lowest BCUT2D eigenvalue weighted by atomic mass is 10.1. The van der Waals surface area contributed by atoms with Gasteiger partial charge in [0.1, 0.15) is 0 Å². The number of methoxy groups -OCH3 is 1. The van der Waals surface area contributed by atoms with Gasteiger partial charge in [0.2, 0.25) is 0 Å². The number of rotatable bonds is 5. The van der Waals surface area contributed by atoms with Crippen molar-refractivity contribution in [3.63, 3.8) is 0 Å². The first-order valence-electron chi connectivity index (χ1n) is 5.17. The Labute approximate surface area is 100 Å². The van der Waals surface area contributed by atoms with Crippen LogP contribution in [0.2, 0.25) is 5.02 Å². The molecule has 0 aromatic heterocycles. The molecule has 0 radical (unpaired) electrons. The zero-order valence-corrected chi connectivity index (χ0v) is 10.4. The maximum atomic E-state index is 11.5. The second kappa shape index (κ2) is 5.75. The Morgan fingerprint density at radius 1 is 1.38 bits per heavy atom. The van der Waals surface area contributed by atoms with Gasteiger partial charge in [-0.25, -0.2) is 0 Å². The lowest BCUT2D eigenvalue weighted by Gasteiger charge is -2.12. The molecule has 0 atom stereocenters. The van der Waals surface area contributed by atoms with Gasteiger partial charge in [-0.05, 0) is 19.1 Å². The van der Waals surface area contributed by atoms with Crippen molar-refractivity contribution < 1.29 is 14.3 Å². The Morgan fingerprint density at radius 3 is 2.56 bits per heavy atom. The van der Waals surface area contributed by atoms with E-state index in [0.29, 0.717) is 35.1 Å². The van der Waals surface area contributed by atoms with E-state index in [4.69, 9.17) is 21.1 Å². The second-order valence-electron chi connectivity index (χ2n) is 3.20. The fourth-order valence-electron chi connectivity index (χ4n) is 1.37. The third-order valence-corrected chi connectivity index (χ3v) is 2.44. The Hall–Kier alpha value is -1.22. The lowest BCUT2D eigenvalue weighted by molar-refractivity contribution is 0.0987. The molecule has 0 saturated carbocycles. The van der Waals surface area contributed by atoms with Crippen molar-refractivity contribution in [1.29, 1.82) is 0 Å². The fourth-order valence-corrected chi connectivity index (χ4v) is 1.63. The molecule has 0 N–H and O–H groups in total. The van der Waals surface area contributed by atoms with Crippen LogP contribution in [-0.2, 0) is 0 Å². The van der Waals surface area contributed by atoms with E-state index in [9.17, 15) is 4.79 Å². The topological polar surface area (TPSA) is 35.5 Å². The smallest absolute Gasteiger partial charge is 0.179 e. The van der Waals surface area contributed by atoms with Crippen LogP contribution in [0.15, 0.2) is 12.1 Å². The van der Waals surface area contributed by atoms with Crippen molar-refractivity contribution in [2.24, 2.45) is 0 Å². The summed E-state index contributed by atoms with van der Waals surface area (Å²) in [7, 11) is 1.52. The molecule has 0 amide bonds. The summed E-state index contributed by atoms with van der Waals surface area (Å²) < 4.78 is 10.5. The summed E-state index contributed by atoms with van der Waals surface area (Å²) in [6.45, 7) is 4.16. The summed E-state index contributed by atoms with van der Waals surface area (Å²) >= 11 is 6.04. The maximum absolute atomic E-state index is 11.5. The number of ether oxygens (including phenoxy) is 2. The highest BCUT2D eigenvalue weighted by Gasteiger charge is 2.14. The van der Waals surface area contributed by atoms with Gasteiger partial charge in [-0.15, -0.1) is 0 Å². The molecule has 0 aliphatic heterocycles. The first kappa shape index (κ1) is 12.8. The highest BCUT2D eigenvalue weighted by molar-refractivity contribution is 6.32. The minimum atomic E-state index is 0.0308. The van der Waals surface area contributed by atoms with E-state index in [-0.39, 0.29) is 5.78 Å². The van der Waals surface area contributed by atoms with Gasteiger partial charge in [0, 0.05) is 12.0 Å². The zero-order valence-electron chi connectivity index (χ0n) is 9.67. The van der Waals surface area contributed by atoms with Crippen molar-refractivity contribution in [2.75, 3.05) is 13.7 Å². The molecular weight excluding hydrogens is 228 g/mol. The largest absolute Gasteiger partial charge is 0.493 e. The first-order valence-corrected chi connectivity index (χ1v) is 5.55. The second-order valence-corrected chi connectivity index (χ2v) is 3.61. The molecule has 1 aromatic carbocycles. The Bertz CT molecular complexity index is 388. The molecule has 0 aliphatic carbocycles. The Morgan fingerprint density at radius 2 is 2.06 bits per heavy atom. The molecule has 0 spiro atoms. The van der Waals surface area contributed by atoms with Gasteiger partial charge in [0.05, 0.1) is 18.7 Å². The van der Waals surface area contributed by atoms with Gasteiger partial charge in [-0.1, -0.05) is 18.5 Å². The maximum Gasteiger partial charge on any atom is 0.179 e. The molecule has 0 fully saturated rings. The molecule has 3 nitrogen and oxygen atoms in total. The van der Waals surface area contributed by atoms with Crippen molar-refractivity contribution in [3.05, 3.63) is 22.7 Å². The zero-order chi connectivity index (χ0) is 12.1. The third-order valence-electron chi connectivity index (χ3n) is 2.16. The standard InChI is InChI=1S/C12H15ClO3/c1-4-10(14)8-6-9(13)12(16-5-2)11(7-8)15-3/h6-7H,4-5H2,1-3H3. The number of ketones is 1. The predicted molar refractivity (Wildman–Crippen MR) is 63.8 cm³/mol. The van der Waals surface area contributed by atoms with Crippen molar-refractivity contribution >= 4 is 17.4 Å². The number of hydrogen-bond donors (Lipinski definition) is 0. The lowest BCUT2D eigenvalue weighted by Crippen LogP contribution is -2.01. The Balaban J connectivity index is 3.20. The first-order chi connectivity index (χ1) is 7.63. The molecule has 1 aromatic rings. The quantitative estimate of drug-likeness (QED) is 0.743. The number of carbonyl (C=O) groups excluding carboxylic acids is 1. The van der Waals surface area contributed by atoms with E-state index in [1.165, 1.54) is 7.11 Å². The number of hydrogen-bond acceptors (Lipinski definition) is 3. The summed E-state index contributed by atoms with van der Waals surface area (Å²) in [5, 5.41) is 0.401. The van der Waals surface area contributed by atoms with Crippen LogP contribution in [0.3, 0.4) is 0 Å². The predicted octanol–water partition coefficient (Wildman–Crippen LogP) is 3.34. The fraction of sp³-hybridized carbons (Fsp3) is 0.417. The SMILES string of the molecule is CCOc1c(Cl)cc(C(=O)CC)cc1OC. The van der Waals surface area contributed by atoms with E-state index in [1.54, 1.807) is 19.1 Å². The highest BCUT2D eigenvalue weighted by atomic mass is 35.5. The molecule has 0 bridgehead atoms. The van der Waals surface area contributed by atoms with Crippen LogP contribution in [0.5, 0.6) is 11.5 Å². The van der Waals surface area contributed by atoms with E-state index in [0.717, 1.165) is 0 Å². The van der Waals surface area contributed by atoms with Crippen molar-refractivity contribution in [1.82, 2.24) is 0 Å². The number of halogens is 1. The minimum Gasteiger partial charge on any atom is -0.493 e. The Kier molecular flexibility index (Phi) is 4.62. The average Bonchev–Trinajstić information content (AvgIpc) is 2.30. The number of benzene rings is 1. The number of Topliss-reactive ketones (excluding diaryl/α,β-unsaturated/α-hetero) is 1. The van der Waals surface area contributed by atoms with E-state index in [1.807, 2.05) is 6.92 Å². The molecule has 4 heteroatoms. The van der Waals surface area contributed by atoms with E-state index in [2.05, 4.69) is 0 Å². The number of carbonyl (C=O) groups is 1. The summed E-state index contributed by atoms with van der Waals surface area (Å²) in [6, 6.07) is 3.27. The molecule has 0 aliphatic rings. The van der Waals surface area contributed by atoms with E-state index < -0.39 is 0 Å². The summed E-state index contributed by atoms with van der Waals surface area (Å²) in [6.07, 6.45) is 0.438. The molecule has 88 valence electrons. The van der Waals surface area contributed by atoms with Gasteiger partial charge in [0.25, 0.3) is 0 Å². The van der Waals surface area contributed by atoms with Gasteiger partial charge in [0.15, 0.2) is 17.3 Å². The molecule has 0 saturated heterocycles. The van der Waals surface area contributed by atoms with Gasteiger partial charge in [-0.2, -0.15) is 0 Å². The monoisotopic (exact) mass is 242 g/mol. The van der Waals surface area contributed by atoms with Gasteiger partial charge in [-0.3, -0.25) is 4.79 Å². The van der Waals surface area contributed by atoms with Crippen molar-refractivity contribution in [2.45, 2.75) is 20.3 Å². The average molecular weight is 243 g/mol. The molecule has 16 heavy (non-hydrogen) atoms. The summed E-state index contributed by atoms with van der Waals surface area (Å²) in [4.78, 5) is 11.5. The summed E-state index contributed by atoms with van der Waals surface area (Å²) in [5.41, 5.74) is 0.549. The molecule has 0 heterocycles. The van der Waals surface area contributed by atoms with Crippen LogP contribution in [0.1, 0.15) is 30.6 Å². The van der Waals surface area contributed by atoms with Crippen molar-refractivity contribution in [3.8, 4) is 11.5 Å². The third kappa shape index (κ3) is 2.67. The van der Waals surface area contributed by atoms with Crippen LogP contribution in [0.4, 0.5) is 0 Å². The highest BCUT2D eigenvalue weighted by Crippen LogP contribution is 2.36.